The molecule has 0 aliphatic carbocycles. The molecule has 21 heavy (non-hydrogen) atoms. The first-order valence-corrected chi connectivity index (χ1v) is 7.60. The molecule has 0 aromatic heterocycles. The summed E-state index contributed by atoms with van der Waals surface area (Å²) in [5.41, 5.74) is 0.607. The van der Waals surface area contributed by atoms with Crippen LogP contribution in [-0.4, -0.2) is 38.8 Å². The van der Waals surface area contributed by atoms with E-state index in [1.165, 1.54) is 0 Å². The van der Waals surface area contributed by atoms with Crippen LogP contribution in [0.3, 0.4) is 0 Å². The molecular formula is C15H21ClN2O3. The number of ether oxygens (including phenoxy) is 2. The van der Waals surface area contributed by atoms with Gasteiger partial charge in [0.25, 0.3) is 0 Å². The molecule has 1 aromatic carbocycles. The molecule has 0 bridgehead atoms. The molecule has 1 fully saturated rings. The van der Waals surface area contributed by atoms with Crippen LogP contribution in [0.2, 0.25) is 5.02 Å². The number of halogens is 1. The van der Waals surface area contributed by atoms with E-state index >= 15 is 0 Å². The fourth-order valence-electron chi connectivity index (χ4n) is 2.19. The van der Waals surface area contributed by atoms with E-state index in [1.54, 1.807) is 18.2 Å². The molecule has 0 unspecified atom stereocenters. The van der Waals surface area contributed by atoms with Crippen molar-refractivity contribution in [1.82, 2.24) is 5.32 Å². The fraction of sp³-hybridized carbons (Fsp3) is 0.533. The maximum Gasteiger partial charge on any atom is 0.228 e. The minimum Gasteiger partial charge on any atom is -0.489 e. The Kier molecular flexibility index (Phi) is 6.29. The van der Waals surface area contributed by atoms with Crippen LogP contribution in [0.5, 0.6) is 5.75 Å². The smallest absolute Gasteiger partial charge is 0.228 e. The Morgan fingerprint density at radius 1 is 1.48 bits per heavy atom. The molecule has 116 valence electrons. The lowest BCUT2D eigenvalue weighted by molar-refractivity contribution is -0.119. The number of amides is 1. The second-order valence-electron chi connectivity index (χ2n) is 4.86. The molecule has 0 radical (unpaired) electrons. The van der Waals surface area contributed by atoms with Gasteiger partial charge < -0.3 is 20.1 Å². The summed E-state index contributed by atoms with van der Waals surface area (Å²) in [6.07, 6.45) is 0.854. The van der Waals surface area contributed by atoms with Gasteiger partial charge in [0.05, 0.1) is 18.2 Å². The summed E-state index contributed by atoms with van der Waals surface area (Å²) in [5, 5.41) is 6.65. The predicted octanol–water partition coefficient (Wildman–Crippen LogP) is 2.30. The van der Waals surface area contributed by atoms with Gasteiger partial charge in [-0.15, -0.1) is 0 Å². The summed E-state index contributed by atoms with van der Waals surface area (Å²) in [6.45, 7) is 5.13. The van der Waals surface area contributed by atoms with Crippen molar-refractivity contribution in [3.63, 3.8) is 0 Å². The normalized spacial score (nSPS) is 17.7. The van der Waals surface area contributed by atoms with Gasteiger partial charge in [0.15, 0.2) is 0 Å². The van der Waals surface area contributed by atoms with Crippen LogP contribution in [-0.2, 0) is 9.53 Å². The van der Waals surface area contributed by atoms with Crippen molar-refractivity contribution in [2.24, 2.45) is 5.92 Å². The molecule has 0 spiro atoms. The largest absolute Gasteiger partial charge is 0.489 e. The number of nitrogens with one attached hydrogen (secondary N) is 2. The molecule has 2 rings (SSSR count). The van der Waals surface area contributed by atoms with Crippen LogP contribution in [0.4, 0.5) is 5.69 Å². The zero-order valence-electron chi connectivity index (χ0n) is 12.2. The molecule has 1 heterocycles. The molecule has 0 saturated carbocycles. The lowest BCUT2D eigenvalue weighted by atomic mass is 10.1. The molecular weight excluding hydrogens is 292 g/mol. The summed E-state index contributed by atoms with van der Waals surface area (Å²) in [7, 11) is 0. The third-order valence-corrected chi connectivity index (χ3v) is 3.56. The quantitative estimate of drug-likeness (QED) is 0.759. The van der Waals surface area contributed by atoms with Gasteiger partial charge >= 0.3 is 0 Å². The maximum atomic E-state index is 12.2. The molecule has 1 aliphatic rings. The van der Waals surface area contributed by atoms with Gasteiger partial charge in [-0.1, -0.05) is 11.6 Å². The first-order valence-electron chi connectivity index (χ1n) is 7.22. The minimum atomic E-state index is -0.00285. The average molecular weight is 313 g/mol. The summed E-state index contributed by atoms with van der Waals surface area (Å²) in [5.74, 6) is 0.607. The Labute approximate surface area is 130 Å². The zero-order chi connectivity index (χ0) is 15.1. The number of rotatable bonds is 7. The third kappa shape index (κ3) is 4.88. The zero-order valence-corrected chi connectivity index (χ0v) is 12.9. The van der Waals surface area contributed by atoms with Crippen LogP contribution in [0.25, 0.3) is 0 Å². The monoisotopic (exact) mass is 312 g/mol. The van der Waals surface area contributed by atoms with E-state index in [9.17, 15) is 4.79 Å². The number of carbonyl (C=O) groups excluding carboxylic acids is 1. The molecule has 1 atom stereocenters. The summed E-state index contributed by atoms with van der Waals surface area (Å²) >= 11 is 6.00. The lowest BCUT2D eigenvalue weighted by Crippen LogP contribution is -2.25. The van der Waals surface area contributed by atoms with E-state index in [0.717, 1.165) is 13.0 Å². The van der Waals surface area contributed by atoms with Crippen molar-refractivity contribution in [2.45, 2.75) is 13.3 Å². The van der Waals surface area contributed by atoms with E-state index in [2.05, 4.69) is 10.6 Å². The summed E-state index contributed by atoms with van der Waals surface area (Å²) < 4.78 is 10.9. The SMILES string of the molecule is CCOCCOc1ccc(Cl)cc1NC(=O)[C@H]1CCNC1. The average Bonchev–Trinajstić information content (AvgIpc) is 3.00. The Hall–Kier alpha value is -1.30. The summed E-state index contributed by atoms with van der Waals surface area (Å²) in [4.78, 5) is 12.2. The Morgan fingerprint density at radius 3 is 3.05 bits per heavy atom. The van der Waals surface area contributed by atoms with Gasteiger partial charge in [0.2, 0.25) is 5.91 Å². The van der Waals surface area contributed by atoms with E-state index < -0.39 is 0 Å². The van der Waals surface area contributed by atoms with Gasteiger partial charge in [0, 0.05) is 18.2 Å². The van der Waals surface area contributed by atoms with E-state index in [0.29, 0.717) is 42.8 Å². The number of hydrogen-bond donors (Lipinski definition) is 2. The highest BCUT2D eigenvalue weighted by Crippen LogP contribution is 2.28. The van der Waals surface area contributed by atoms with E-state index in [4.69, 9.17) is 21.1 Å². The Bertz CT molecular complexity index is 476. The van der Waals surface area contributed by atoms with Crippen LogP contribution >= 0.6 is 11.6 Å². The number of anilines is 1. The molecule has 1 aromatic rings. The van der Waals surface area contributed by atoms with Crippen molar-refractivity contribution in [3.8, 4) is 5.75 Å². The Balaban J connectivity index is 1.98. The van der Waals surface area contributed by atoms with Crippen molar-refractivity contribution >= 4 is 23.2 Å². The second kappa shape index (κ2) is 8.22. The fourth-order valence-corrected chi connectivity index (χ4v) is 2.37. The van der Waals surface area contributed by atoms with Gasteiger partial charge in [-0.2, -0.15) is 0 Å². The highest BCUT2D eigenvalue weighted by Gasteiger charge is 2.23. The Morgan fingerprint density at radius 2 is 2.33 bits per heavy atom. The van der Waals surface area contributed by atoms with Gasteiger partial charge in [0.1, 0.15) is 12.4 Å². The molecule has 1 saturated heterocycles. The first-order chi connectivity index (χ1) is 10.2. The van der Waals surface area contributed by atoms with Crippen molar-refractivity contribution < 1.29 is 14.3 Å². The number of hydrogen-bond acceptors (Lipinski definition) is 4. The van der Waals surface area contributed by atoms with Crippen molar-refractivity contribution in [2.75, 3.05) is 38.2 Å². The number of carbonyl (C=O) groups is 1. The van der Waals surface area contributed by atoms with Gasteiger partial charge in [-0.25, -0.2) is 0 Å². The molecule has 1 amide bonds. The van der Waals surface area contributed by atoms with Crippen LogP contribution in [0.1, 0.15) is 13.3 Å². The van der Waals surface area contributed by atoms with Crippen molar-refractivity contribution in [1.29, 1.82) is 0 Å². The maximum absolute atomic E-state index is 12.2. The third-order valence-electron chi connectivity index (χ3n) is 3.32. The second-order valence-corrected chi connectivity index (χ2v) is 5.30. The van der Waals surface area contributed by atoms with Crippen LogP contribution < -0.4 is 15.4 Å². The highest BCUT2D eigenvalue weighted by molar-refractivity contribution is 6.31. The molecule has 1 aliphatic heterocycles. The summed E-state index contributed by atoms with van der Waals surface area (Å²) in [6, 6.07) is 5.21. The van der Waals surface area contributed by atoms with Gasteiger partial charge in [-0.3, -0.25) is 4.79 Å². The van der Waals surface area contributed by atoms with Crippen LogP contribution in [0.15, 0.2) is 18.2 Å². The van der Waals surface area contributed by atoms with Gasteiger partial charge in [-0.05, 0) is 38.1 Å². The minimum absolute atomic E-state index is 0.000237. The van der Waals surface area contributed by atoms with Crippen LogP contribution in [0, 0.1) is 5.92 Å². The highest BCUT2D eigenvalue weighted by atomic mass is 35.5. The van der Waals surface area contributed by atoms with E-state index in [-0.39, 0.29) is 11.8 Å². The molecule has 5 nitrogen and oxygen atoms in total. The number of benzene rings is 1. The predicted molar refractivity (Wildman–Crippen MR) is 83.0 cm³/mol. The first kappa shape index (κ1) is 16.1. The standard InChI is InChI=1S/C15H21ClN2O3/c1-2-20-7-8-21-14-4-3-12(16)9-13(14)18-15(19)11-5-6-17-10-11/h3-4,9,11,17H,2,5-8,10H2,1H3,(H,18,19)/t11-/m0/s1. The topological polar surface area (TPSA) is 59.6 Å². The lowest BCUT2D eigenvalue weighted by Gasteiger charge is -2.15. The molecule has 2 N–H and O–H groups in total. The van der Waals surface area contributed by atoms with Crippen molar-refractivity contribution in [3.05, 3.63) is 23.2 Å². The van der Waals surface area contributed by atoms with E-state index in [1.807, 2.05) is 6.92 Å². The molecule has 6 heteroatoms.